The van der Waals surface area contributed by atoms with Crippen molar-refractivity contribution < 1.29 is 40.9 Å². The standard InChI is InChI=1S/C42H28O8/c43-35-31-29(24-17-15-22(16-18-24)21-9-3-1-4-10-21)32-34(38(46)42(50)40(48)36(32)44)30(33(31)37(45)41(49)39(35)47)28-20-19-25(23-11-5-2-6-12-23)26-13-7-8-14-27(26)28/h1-20,43-50H. The minimum absolute atomic E-state index is 0.00154. The molecule has 8 aromatic carbocycles. The summed E-state index contributed by atoms with van der Waals surface area (Å²) in [6.07, 6.45) is 0. The van der Waals surface area contributed by atoms with E-state index in [1.807, 2.05) is 84.9 Å². The fraction of sp³-hybridized carbons (Fsp3) is 0. The van der Waals surface area contributed by atoms with Crippen LogP contribution in [-0.2, 0) is 0 Å². The lowest BCUT2D eigenvalue weighted by Crippen LogP contribution is -1.95. The van der Waals surface area contributed by atoms with Crippen LogP contribution >= 0.6 is 0 Å². The highest BCUT2D eigenvalue weighted by atomic mass is 16.4. The number of fused-ring (bicyclic) bond motifs is 3. The van der Waals surface area contributed by atoms with Gasteiger partial charge < -0.3 is 40.9 Å². The van der Waals surface area contributed by atoms with Gasteiger partial charge in [0.25, 0.3) is 0 Å². The molecule has 0 atom stereocenters. The Bertz CT molecular complexity index is 2570. The maximum Gasteiger partial charge on any atom is 0.204 e. The van der Waals surface area contributed by atoms with E-state index in [-0.39, 0.29) is 32.7 Å². The zero-order chi connectivity index (χ0) is 34.8. The van der Waals surface area contributed by atoms with Crippen LogP contribution in [0.5, 0.6) is 46.0 Å². The Morgan fingerprint density at radius 2 is 0.580 bits per heavy atom. The summed E-state index contributed by atoms with van der Waals surface area (Å²) in [7, 11) is 0. The van der Waals surface area contributed by atoms with Crippen LogP contribution in [0.2, 0.25) is 0 Å². The van der Waals surface area contributed by atoms with Gasteiger partial charge >= 0.3 is 0 Å². The summed E-state index contributed by atoms with van der Waals surface area (Å²) in [4.78, 5) is 0. The van der Waals surface area contributed by atoms with Crippen molar-refractivity contribution in [3.8, 4) is 90.5 Å². The van der Waals surface area contributed by atoms with E-state index in [0.717, 1.165) is 27.6 Å². The number of phenols is 8. The molecule has 0 radical (unpaired) electrons. The summed E-state index contributed by atoms with van der Waals surface area (Å²) < 4.78 is 0. The number of benzene rings is 8. The zero-order valence-electron chi connectivity index (χ0n) is 26.1. The largest absolute Gasteiger partial charge is 0.504 e. The van der Waals surface area contributed by atoms with E-state index in [2.05, 4.69) is 0 Å². The fourth-order valence-corrected chi connectivity index (χ4v) is 7.02. The van der Waals surface area contributed by atoms with Gasteiger partial charge in [-0.15, -0.1) is 0 Å². The van der Waals surface area contributed by atoms with E-state index in [1.165, 1.54) is 0 Å². The molecule has 244 valence electrons. The third kappa shape index (κ3) is 4.32. The minimum atomic E-state index is -1.02. The number of phenolic OH excluding ortho intramolecular Hbond substituents is 8. The summed E-state index contributed by atoms with van der Waals surface area (Å²) in [5.74, 6) is -7.35. The summed E-state index contributed by atoms with van der Waals surface area (Å²) in [6, 6.07) is 37.1. The second-order valence-corrected chi connectivity index (χ2v) is 12.1. The molecule has 8 rings (SSSR count). The van der Waals surface area contributed by atoms with Gasteiger partial charge in [0.05, 0.1) is 0 Å². The molecule has 0 heterocycles. The van der Waals surface area contributed by atoms with E-state index >= 15 is 0 Å². The number of hydrogen-bond donors (Lipinski definition) is 8. The molecule has 0 spiro atoms. The van der Waals surface area contributed by atoms with Crippen molar-refractivity contribution in [1.82, 2.24) is 0 Å². The highest BCUT2D eigenvalue weighted by Gasteiger charge is 2.32. The van der Waals surface area contributed by atoms with Crippen LogP contribution in [0.25, 0.3) is 76.8 Å². The molecule has 0 aliphatic heterocycles. The van der Waals surface area contributed by atoms with Crippen LogP contribution in [-0.4, -0.2) is 40.9 Å². The molecule has 0 aromatic heterocycles. The van der Waals surface area contributed by atoms with Crippen LogP contribution in [0.15, 0.2) is 121 Å². The molecule has 8 nitrogen and oxygen atoms in total. The molecular formula is C42H28O8. The maximum atomic E-state index is 11.6. The van der Waals surface area contributed by atoms with E-state index < -0.39 is 46.0 Å². The van der Waals surface area contributed by atoms with Gasteiger partial charge in [-0.2, -0.15) is 0 Å². The van der Waals surface area contributed by atoms with E-state index in [9.17, 15) is 40.9 Å². The van der Waals surface area contributed by atoms with Crippen molar-refractivity contribution in [3.63, 3.8) is 0 Å². The lowest BCUT2D eigenvalue weighted by molar-refractivity contribution is 0.350. The molecule has 0 amide bonds. The Balaban J connectivity index is 1.58. The second-order valence-electron chi connectivity index (χ2n) is 12.1. The Kier molecular flexibility index (Phi) is 6.83. The van der Waals surface area contributed by atoms with Gasteiger partial charge in [0, 0.05) is 32.7 Å². The highest BCUT2D eigenvalue weighted by Crippen LogP contribution is 2.62. The van der Waals surface area contributed by atoms with E-state index in [1.54, 1.807) is 36.4 Å². The van der Waals surface area contributed by atoms with Gasteiger partial charge in [-0.3, -0.25) is 0 Å². The summed E-state index contributed by atoms with van der Waals surface area (Å²) in [5.41, 5.74) is 4.26. The van der Waals surface area contributed by atoms with Crippen molar-refractivity contribution >= 4 is 32.3 Å². The van der Waals surface area contributed by atoms with Gasteiger partial charge in [-0.25, -0.2) is 0 Å². The molecule has 0 fully saturated rings. The molecule has 0 aliphatic carbocycles. The average Bonchev–Trinajstić information content (AvgIpc) is 3.17. The van der Waals surface area contributed by atoms with Crippen LogP contribution < -0.4 is 0 Å². The number of rotatable bonds is 4. The minimum Gasteiger partial charge on any atom is -0.504 e. The molecular weight excluding hydrogens is 632 g/mol. The first-order valence-electron chi connectivity index (χ1n) is 15.7. The quantitative estimate of drug-likeness (QED) is 0.0526. The molecule has 0 unspecified atom stereocenters. The Labute approximate surface area is 284 Å². The van der Waals surface area contributed by atoms with E-state index in [0.29, 0.717) is 16.5 Å². The van der Waals surface area contributed by atoms with Crippen LogP contribution in [0, 0.1) is 0 Å². The maximum absolute atomic E-state index is 11.6. The Morgan fingerprint density at radius 1 is 0.240 bits per heavy atom. The zero-order valence-corrected chi connectivity index (χ0v) is 26.1. The topological polar surface area (TPSA) is 162 Å². The van der Waals surface area contributed by atoms with Crippen molar-refractivity contribution in [3.05, 3.63) is 121 Å². The normalized spacial score (nSPS) is 11.4. The summed E-state index contributed by atoms with van der Waals surface area (Å²) >= 11 is 0. The van der Waals surface area contributed by atoms with Crippen molar-refractivity contribution in [2.24, 2.45) is 0 Å². The predicted molar refractivity (Wildman–Crippen MR) is 194 cm³/mol. The van der Waals surface area contributed by atoms with Gasteiger partial charge in [-0.1, -0.05) is 121 Å². The van der Waals surface area contributed by atoms with Gasteiger partial charge in [0.15, 0.2) is 23.0 Å². The molecule has 8 aromatic rings. The Hall–Kier alpha value is -7.06. The highest BCUT2D eigenvalue weighted by molar-refractivity contribution is 6.30. The van der Waals surface area contributed by atoms with Gasteiger partial charge in [-0.05, 0) is 44.2 Å². The first-order chi connectivity index (χ1) is 24.2. The number of hydrogen-bond acceptors (Lipinski definition) is 8. The van der Waals surface area contributed by atoms with Crippen molar-refractivity contribution in [2.75, 3.05) is 0 Å². The molecule has 0 bridgehead atoms. The third-order valence-corrected chi connectivity index (χ3v) is 9.35. The molecule has 0 saturated heterocycles. The lowest BCUT2D eigenvalue weighted by Gasteiger charge is -2.23. The molecule has 0 saturated carbocycles. The van der Waals surface area contributed by atoms with Crippen molar-refractivity contribution in [2.45, 2.75) is 0 Å². The Morgan fingerprint density at radius 3 is 1.06 bits per heavy atom. The molecule has 0 aliphatic rings. The summed E-state index contributed by atoms with van der Waals surface area (Å²) in [5, 5.41) is 90.7. The average molecular weight is 661 g/mol. The third-order valence-electron chi connectivity index (χ3n) is 9.35. The SMILES string of the molecule is Oc1c(O)c(O)c2c(-c3ccc(-c4ccccc4)c4ccccc34)c3c(O)c(O)c(O)c(O)c3c(-c3ccc(-c4ccccc4)cc3)c2c1O. The van der Waals surface area contributed by atoms with E-state index in [4.69, 9.17) is 0 Å². The molecule has 8 heteroatoms. The fourth-order valence-electron chi connectivity index (χ4n) is 7.02. The smallest absolute Gasteiger partial charge is 0.204 e. The lowest BCUT2D eigenvalue weighted by atomic mass is 9.81. The van der Waals surface area contributed by atoms with Crippen LogP contribution in [0.1, 0.15) is 0 Å². The van der Waals surface area contributed by atoms with Crippen LogP contribution in [0.4, 0.5) is 0 Å². The predicted octanol–water partition coefficient (Wildman–Crippen LogP) is 9.46. The first kappa shape index (κ1) is 30.3. The van der Waals surface area contributed by atoms with Gasteiger partial charge in [0.1, 0.15) is 0 Å². The second kappa shape index (κ2) is 11.3. The number of aromatic hydroxyl groups is 8. The first-order valence-corrected chi connectivity index (χ1v) is 15.7. The molecule has 50 heavy (non-hydrogen) atoms. The molecule has 8 N–H and O–H groups in total. The summed E-state index contributed by atoms with van der Waals surface area (Å²) in [6.45, 7) is 0. The van der Waals surface area contributed by atoms with Gasteiger partial charge in [0.2, 0.25) is 23.0 Å². The van der Waals surface area contributed by atoms with Crippen LogP contribution in [0.3, 0.4) is 0 Å². The monoisotopic (exact) mass is 660 g/mol. The van der Waals surface area contributed by atoms with Crippen molar-refractivity contribution in [1.29, 1.82) is 0 Å².